The van der Waals surface area contributed by atoms with E-state index in [-0.39, 0.29) is 5.91 Å². The van der Waals surface area contributed by atoms with Crippen molar-refractivity contribution in [3.05, 3.63) is 18.0 Å². The molecule has 1 aliphatic rings. The number of nitrogens with two attached hydrogens (primary N) is 1. The number of aromatic nitrogens is 2. The van der Waals surface area contributed by atoms with Crippen LogP contribution in [0.3, 0.4) is 0 Å². The van der Waals surface area contributed by atoms with Crippen molar-refractivity contribution in [3.63, 3.8) is 0 Å². The number of nitrogens with one attached hydrogen (secondary N) is 1. The summed E-state index contributed by atoms with van der Waals surface area (Å²) in [6.07, 6.45) is 7.38. The molecule has 1 aliphatic heterocycles. The SMILES string of the molecule is CCNC(=NCCc1cnn(C)c1)N1CCCC(CC(N)=O)C1. The van der Waals surface area contributed by atoms with E-state index in [4.69, 9.17) is 10.7 Å². The Hall–Kier alpha value is -2.05. The second kappa shape index (κ2) is 8.55. The molecular formula is C16H28N6O. The van der Waals surface area contributed by atoms with Crippen molar-refractivity contribution in [2.24, 2.45) is 23.7 Å². The van der Waals surface area contributed by atoms with Crippen LogP contribution in [0.15, 0.2) is 17.4 Å². The highest BCUT2D eigenvalue weighted by Crippen LogP contribution is 2.19. The van der Waals surface area contributed by atoms with Gasteiger partial charge in [0.2, 0.25) is 5.91 Å². The quantitative estimate of drug-likeness (QED) is 0.591. The molecule has 0 bridgehead atoms. The molecule has 1 unspecified atom stereocenters. The number of nitrogens with zero attached hydrogens (tertiary/aromatic N) is 4. The zero-order chi connectivity index (χ0) is 16.7. The van der Waals surface area contributed by atoms with Gasteiger partial charge in [-0.15, -0.1) is 0 Å². The molecule has 0 saturated carbocycles. The van der Waals surface area contributed by atoms with Crippen molar-refractivity contribution in [1.82, 2.24) is 20.0 Å². The van der Waals surface area contributed by atoms with Gasteiger partial charge in [-0.25, -0.2) is 0 Å². The first-order valence-corrected chi connectivity index (χ1v) is 8.37. The van der Waals surface area contributed by atoms with E-state index in [1.54, 1.807) is 0 Å². The van der Waals surface area contributed by atoms with Crippen LogP contribution in [-0.2, 0) is 18.3 Å². The van der Waals surface area contributed by atoms with Crippen molar-refractivity contribution in [3.8, 4) is 0 Å². The molecule has 1 saturated heterocycles. The number of hydrogen-bond acceptors (Lipinski definition) is 3. The van der Waals surface area contributed by atoms with Crippen molar-refractivity contribution >= 4 is 11.9 Å². The Labute approximate surface area is 137 Å². The Balaban J connectivity index is 1.93. The van der Waals surface area contributed by atoms with Gasteiger partial charge in [0.05, 0.1) is 6.20 Å². The minimum Gasteiger partial charge on any atom is -0.370 e. The lowest BCUT2D eigenvalue weighted by molar-refractivity contribution is -0.119. The fourth-order valence-electron chi connectivity index (χ4n) is 3.03. The number of hydrogen-bond donors (Lipinski definition) is 2. The highest BCUT2D eigenvalue weighted by Gasteiger charge is 2.23. The van der Waals surface area contributed by atoms with Crippen LogP contribution >= 0.6 is 0 Å². The highest BCUT2D eigenvalue weighted by atomic mass is 16.1. The number of amides is 1. The van der Waals surface area contributed by atoms with Crippen LogP contribution in [0.1, 0.15) is 31.7 Å². The topological polar surface area (TPSA) is 88.5 Å². The van der Waals surface area contributed by atoms with E-state index in [1.807, 2.05) is 24.1 Å². The molecule has 1 aromatic rings. The molecule has 23 heavy (non-hydrogen) atoms. The summed E-state index contributed by atoms with van der Waals surface area (Å²) in [4.78, 5) is 18.1. The Morgan fingerprint density at radius 1 is 1.57 bits per heavy atom. The zero-order valence-corrected chi connectivity index (χ0v) is 14.2. The van der Waals surface area contributed by atoms with Crippen molar-refractivity contribution in [1.29, 1.82) is 0 Å². The summed E-state index contributed by atoms with van der Waals surface area (Å²) < 4.78 is 1.81. The maximum Gasteiger partial charge on any atom is 0.217 e. The number of primary amides is 1. The van der Waals surface area contributed by atoms with Gasteiger partial charge in [-0.05, 0) is 37.7 Å². The van der Waals surface area contributed by atoms with Gasteiger partial charge in [-0.3, -0.25) is 14.5 Å². The van der Waals surface area contributed by atoms with E-state index >= 15 is 0 Å². The molecule has 128 valence electrons. The van der Waals surface area contributed by atoms with Crippen LogP contribution in [0.5, 0.6) is 0 Å². The van der Waals surface area contributed by atoms with Gasteiger partial charge < -0.3 is 16.0 Å². The molecule has 0 aromatic carbocycles. The fourth-order valence-corrected chi connectivity index (χ4v) is 3.03. The van der Waals surface area contributed by atoms with Crippen molar-refractivity contribution < 1.29 is 4.79 Å². The monoisotopic (exact) mass is 320 g/mol. The van der Waals surface area contributed by atoms with Crippen LogP contribution in [0, 0.1) is 5.92 Å². The fraction of sp³-hybridized carbons (Fsp3) is 0.688. The molecule has 0 aliphatic carbocycles. The van der Waals surface area contributed by atoms with Crippen LogP contribution < -0.4 is 11.1 Å². The Morgan fingerprint density at radius 2 is 2.39 bits per heavy atom. The summed E-state index contributed by atoms with van der Waals surface area (Å²) >= 11 is 0. The number of guanidine groups is 1. The standard InChI is InChI=1S/C16H28N6O/c1-3-18-16(19-7-6-14-10-20-21(2)11-14)22-8-4-5-13(12-22)9-15(17)23/h10-11,13H,3-9,12H2,1-2H3,(H2,17,23)(H,18,19). The van der Waals surface area contributed by atoms with E-state index in [9.17, 15) is 4.79 Å². The molecule has 0 spiro atoms. The van der Waals surface area contributed by atoms with Crippen molar-refractivity contribution in [2.75, 3.05) is 26.2 Å². The number of likely N-dealkylation sites (tertiary alicyclic amines) is 1. The minimum absolute atomic E-state index is 0.213. The number of carbonyl (C=O) groups is 1. The number of aryl methyl sites for hydroxylation is 1. The molecule has 0 radical (unpaired) electrons. The molecule has 1 aromatic heterocycles. The van der Waals surface area contributed by atoms with E-state index in [0.717, 1.165) is 51.4 Å². The number of rotatable bonds is 6. The van der Waals surface area contributed by atoms with Crippen molar-refractivity contribution in [2.45, 2.75) is 32.6 Å². The third-order valence-corrected chi connectivity index (χ3v) is 4.06. The molecule has 1 amide bonds. The third-order valence-electron chi connectivity index (χ3n) is 4.06. The maximum atomic E-state index is 11.2. The van der Waals surface area contributed by atoms with Gasteiger partial charge in [0.15, 0.2) is 5.96 Å². The number of piperidine rings is 1. The average molecular weight is 320 g/mol. The maximum absolute atomic E-state index is 11.2. The smallest absolute Gasteiger partial charge is 0.217 e. The van der Waals surface area contributed by atoms with Gasteiger partial charge in [-0.1, -0.05) is 0 Å². The Bertz CT molecular complexity index is 538. The van der Waals surface area contributed by atoms with E-state index < -0.39 is 0 Å². The first-order valence-electron chi connectivity index (χ1n) is 8.37. The number of carbonyl (C=O) groups excluding carboxylic acids is 1. The van der Waals surface area contributed by atoms with Gasteiger partial charge in [0, 0.05) is 45.8 Å². The first kappa shape index (κ1) is 17.3. The first-order chi connectivity index (χ1) is 11.1. The summed E-state index contributed by atoms with van der Waals surface area (Å²) in [5, 5.41) is 7.53. The summed E-state index contributed by atoms with van der Waals surface area (Å²) in [7, 11) is 1.92. The van der Waals surface area contributed by atoms with Crippen LogP contribution in [0.2, 0.25) is 0 Å². The average Bonchev–Trinajstić information content (AvgIpc) is 2.91. The third kappa shape index (κ3) is 5.58. The van der Waals surface area contributed by atoms with E-state index in [0.29, 0.717) is 12.3 Å². The lowest BCUT2D eigenvalue weighted by Crippen LogP contribution is -2.47. The second-order valence-corrected chi connectivity index (χ2v) is 6.13. The molecule has 3 N–H and O–H groups in total. The van der Waals surface area contributed by atoms with Gasteiger partial charge in [0.1, 0.15) is 0 Å². The summed E-state index contributed by atoms with van der Waals surface area (Å²) in [6.45, 7) is 5.46. The second-order valence-electron chi connectivity index (χ2n) is 6.13. The lowest BCUT2D eigenvalue weighted by Gasteiger charge is -2.34. The van der Waals surface area contributed by atoms with Gasteiger partial charge in [-0.2, -0.15) is 5.10 Å². The zero-order valence-electron chi connectivity index (χ0n) is 14.2. The van der Waals surface area contributed by atoms with Crippen LogP contribution in [-0.4, -0.2) is 52.7 Å². The largest absolute Gasteiger partial charge is 0.370 e. The number of aliphatic imine (C=N–C) groups is 1. The van der Waals surface area contributed by atoms with E-state index in [2.05, 4.69) is 22.2 Å². The summed E-state index contributed by atoms with van der Waals surface area (Å²) in [5.74, 6) is 1.06. The molecule has 1 atom stereocenters. The van der Waals surface area contributed by atoms with E-state index in [1.165, 1.54) is 5.56 Å². The molecule has 2 heterocycles. The Kier molecular flexibility index (Phi) is 6.43. The van der Waals surface area contributed by atoms with Gasteiger partial charge >= 0.3 is 0 Å². The van der Waals surface area contributed by atoms with Crippen LogP contribution in [0.4, 0.5) is 0 Å². The normalized spacial score (nSPS) is 19.0. The molecular weight excluding hydrogens is 292 g/mol. The molecule has 1 fully saturated rings. The molecule has 2 rings (SSSR count). The highest BCUT2D eigenvalue weighted by molar-refractivity contribution is 5.80. The Morgan fingerprint density at radius 3 is 3.04 bits per heavy atom. The molecule has 7 nitrogen and oxygen atoms in total. The predicted octanol–water partition coefficient (Wildman–Crippen LogP) is 0.516. The molecule has 7 heteroatoms. The lowest BCUT2D eigenvalue weighted by atomic mass is 9.95. The summed E-state index contributed by atoms with van der Waals surface area (Å²) in [5.41, 5.74) is 6.53. The minimum atomic E-state index is -0.213. The van der Waals surface area contributed by atoms with Crippen LogP contribution in [0.25, 0.3) is 0 Å². The summed E-state index contributed by atoms with van der Waals surface area (Å²) in [6, 6.07) is 0. The predicted molar refractivity (Wildman–Crippen MR) is 91.0 cm³/mol. The van der Waals surface area contributed by atoms with Gasteiger partial charge in [0.25, 0.3) is 0 Å².